The topological polar surface area (TPSA) is 54.0 Å². The van der Waals surface area contributed by atoms with Gasteiger partial charge >= 0.3 is 5.97 Å². The van der Waals surface area contributed by atoms with E-state index in [9.17, 15) is 4.79 Å². The van der Waals surface area contributed by atoms with E-state index in [4.69, 9.17) is 19.2 Å². The Kier molecular flexibility index (Phi) is 2.46. The second-order valence-corrected chi connectivity index (χ2v) is 6.79. The zero-order chi connectivity index (χ0) is 14.1. The van der Waals surface area contributed by atoms with Crippen LogP contribution in [0.2, 0.25) is 0 Å². The Morgan fingerprint density at radius 1 is 1.25 bits per heavy atom. The lowest BCUT2D eigenvalue weighted by Crippen LogP contribution is -2.68. The summed E-state index contributed by atoms with van der Waals surface area (Å²) in [7, 11) is 0. The number of carbonyl (C=O) groups is 1. The van der Waals surface area contributed by atoms with Crippen molar-refractivity contribution in [1.82, 2.24) is 0 Å². The van der Waals surface area contributed by atoms with Gasteiger partial charge in [0.2, 0.25) is 12.1 Å². The molecule has 0 aromatic carbocycles. The van der Waals surface area contributed by atoms with Crippen LogP contribution in [0.15, 0.2) is 12.2 Å². The van der Waals surface area contributed by atoms with Crippen LogP contribution >= 0.6 is 0 Å². The molecule has 0 aromatic rings. The molecule has 1 saturated carbocycles. The molecule has 0 N–H and O–H groups in total. The fraction of sp³-hybridized carbons (Fsp3) is 0.800. The number of rotatable bonds is 0. The minimum Gasteiger partial charge on any atom is -0.429 e. The molecular weight excluding hydrogens is 260 g/mol. The third-order valence-corrected chi connectivity index (χ3v) is 5.62. The van der Waals surface area contributed by atoms with Crippen LogP contribution in [0.5, 0.6) is 0 Å². The highest BCUT2D eigenvalue weighted by Gasteiger charge is 2.69. The van der Waals surface area contributed by atoms with Crippen LogP contribution in [0.4, 0.5) is 0 Å². The molecule has 0 radical (unpaired) electrons. The quantitative estimate of drug-likeness (QED) is 0.387. The molecule has 0 amide bonds. The molecule has 1 aliphatic carbocycles. The second kappa shape index (κ2) is 3.84. The van der Waals surface area contributed by atoms with Crippen molar-refractivity contribution >= 4 is 5.97 Å². The van der Waals surface area contributed by atoms with Gasteiger partial charge in [-0.25, -0.2) is 14.6 Å². The Morgan fingerprint density at radius 3 is 2.85 bits per heavy atom. The van der Waals surface area contributed by atoms with Gasteiger partial charge in [0.15, 0.2) is 5.60 Å². The van der Waals surface area contributed by atoms with Gasteiger partial charge in [-0.1, -0.05) is 13.5 Å². The van der Waals surface area contributed by atoms with Crippen LogP contribution in [-0.4, -0.2) is 23.6 Å². The largest absolute Gasteiger partial charge is 0.429 e. The van der Waals surface area contributed by atoms with Crippen molar-refractivity contribution in [3.8, 4) is 0 Å². The van der Waals surface area contributed by atoms with Crippen molar-refractivity contribution in [2.45, 2.75) is 57.2 Å². The first-order chi connectivity index (χ1) is 9.46. The molecule has 4 heterocycles. The summed E-state index contributed by atoms with van der Waals surface area (Å²) in [6, 6.07) is 0. The van der Waals surface area contributed by atoms with Crippen LogP contribution in [0, 0.1) is 17.8 Å². The molecule has 5 heteroatoms. The Hall–Kier alpha value is -0.910. The number of fused-ring (bicyclic) bond motifs is 2. The van der Waals surface area contributed by atoms with Gasteiger partial charge in [0, 0.05) is 23.8 Å². The molecule has 6 atom stereocenters. The second-order valence-electron chi connectivity index (χ2n) is 6.79. The van der Waals surface area contributed by atoms with Gasteiger partial charge in [-0.3, -0.25) is 0 Å². The maximum absolute atomic E-state index is 12.0. The van der Waals surface area contributed by atoms with Crippen LogP contribution < -0.4 is 0 Å². The van der Waals surface area contributed by atoms with Crippen molar-refractivity contribution < 1.29 is 24.0 Å². The standard InChI is InChI=1S/C15H20O5/c1-8-4-5-11-9(2)12(16)17-13-15(11)10(8)6-7-14(3,18-13)19-20-15/h8,10-11,13H,2,4-7H2,1,3H3/t8-,10+,11-,13+,14-,15-/m0/s1. The molecule has 4 aliphatic heterocycles. The number of esters is 1. The fourth-order valence-corrected chi connectivity index (χ4v) is 4.46. The summed E-state index contributed by atoms with van der Waals surface area (Å²) >= 11 is 0. The average Bonchev–Trinajstić information content (AvgIpc) is 2.63. The predicted octanol–water partition coefficient (Wildman–Crippen LogP) is 2.32. The van der Waals surface area contributed by atoms with Crippen LogP contribution in [-0.2, 0) is 24.0 Å². The van der Waals surface area contributed by atoms with Crippen molar-refractivity contribution in [2.24, 2.45) is 17.8 Å². The van der Waals surface area contributed by atoms with Crippen LogP contribution in [0.1, 0.15) is 39.5 Å². The molecule has 4 saturated heterocycles. The molecule has 5 rings (SSSR count). The predicted molar refractivity (Wildman–Crippen MR) is 68.0 cm³/mol. The fourth-order valence-electron chi connectivity index (χ4n) is 4.46. The summed E-state index contributed by atoms with van der Waals surface area (Å²) in [4.78, 5) is 23.5. The highest BCUT2D eigenvalue weighted by Crippen LogP contribution is 2.59. The summed E-state index contributed by atoms with van der Waals surface area (Å²) in [5.41, 5.74) is -0.213. The normalized spacial score (nSPS) is 54.1. The van der Waals surface area contributed by atoms with Gasteiger partial charge in [-0.05, 0) is 32.1 Å². The lowest BCUT2D eigenvalue weighted by Gasteiger charge is -2.56. The highest BCUT2D eigenvalue weighted by atomic mass is 17.3. The molecule has 5 nitrogen and oxygen atoms in total. The van der Waals surface area contributed by atoms with E-state index in [-0.39, 0.29) is 17.8 Å². The maximum Gasteiger partial charge on any atom is 0.336 e. The van der Waals surface area contributed by atoms with E-state index in [2.05, 4.69) is 13.5 Å². The van der Waals surface area contributed by atoms with Crippen molar-refractivity contribution in [1.29, 1.82) is 0 Å². The van der Waals surface area contributed by atoms with Gasteiger partial charge < -0.3 is 9.47 Å². The molecule has 5 aliphatic rings. The number of hydrogen-bond acceptors (Lipinski definition) is 5. The van der Waals surface area contributed by atoms with Crippen molar-refractivity contribution in [2.75, 3.05) is 0 Å². The van der Waals surface area contributed by atoms with E-state index in [1.54, 1.807) is 0 Å². The minimum absolute atomic E-state index is 0.0717. The zero-order valence-electron chi connectivity index (χ0n) is 11.9. The Morgan fingerprint density at radius 2 is 2.05 bits per heavy atom. The molecule has 110 valence electrons. The third-order valence-electron chi connectivity index (χ3n) is 5.62. The zero-order valence-corrected chi connectivity index (χ0v) is 11.9. The van der Waals surface area contributed by atoms with Gasteiger partial charge in [-0.15, -0.1) is 0 Å². The van der Waals surface area contributed by atoms with E-state index >= 15 is 0 Å². The Balaban J connectivity index is 1.86. The molecule has 5 fully saturated rings. The molecule has 20 heavy (non-hydrogen) atoms. The summed E-state index contributed by atoms with van der Waals surface area (Å²) in [5, 5.41) is 0. The van der Waals surface area contributed by atoms with Gasteiger partial charge in [0.1, 0.15) is 0 Å². The first-order valence-corrected chi connectivity index (χ1v) is 7.41. The molecule has 0 aromatic heterocycles. The van der Waals surface area contributed by atoms with Crippen molar-refractivity contribution in [3.63, 3.8) is 0 Å². The van der Waals surface area contributed by atoms with E-state index in [1.165, 1.54) is 0 Å². The average molecular weight is 280 g/mol. The van der Waals surface area contributed by atoms with Crippen LogP contribution in [0.25, 0.3) is 0 Å². The van der Waals surface area contributed by atoms with Gasteiger partial charge in [0.25, 0.3) is 0 Å². The minimum atomic E-state index is -0.823. The van der Waals surface area contributed by atoms with E-state index in [0.29, 0.717) is 11.5 Å². The summed E-state index contributed by atoms with van der Waals surface area (Å²) < 4.78 is 11.5. The van der Waals surface area contributed by atoms with Gasteiger partial charge in [-0.2, -0.15) is 0 Å². The lowest BCUT2D eigenvalue weighted by molar-refractivity contribution is -0.554. The summed E-state index contributed by atoms with van der Waals surface area (Å²) in [6.07, 6.45) is 2.95. The first kappa shape index (κ1) is 12.8. The Labute approximate surface area is 118 Å². The summed E-state index contributed by atoms with van der Waals surface area (Å²) in [6.45, 7) is 8.00. The first-order valence-electron chi connectivity index (χ1n) is 7.41. The summed E-state index contributed by atoms with van der Waals surface area (Å²) in [5.74, 6) is -0.501. The number of carbonyl (C=O) groups excluding carboxylic acids is 1. The maximum atomic E-state index is 12.0. The SMILES string of the molecule is C=C1C(=O)O[C@@H]2O[C@]3(C)CC[C@@H]4[C@@H](C)CC[C@@H]1[C@]24OO3. The number of ether oxygens (including phenoxy) is 2. The van der Waals surface area contributed by atoms with E-state index in [1.807, 2.05) is 6.92 Å². The smallest absolute Gasteiger partial charge is 0.336 e. The van der Waals surface area contributed by atoms with Crippen LogP contribution in [0.3, 0.4) is 0 Å². The molecular formula is C15H20O5. The van der Waals surface area contributed by atoms with Crippen molar-refractivity contribution in [3.05, 3.63) is 12.2 Å². The van der Waals surface area contributed by atoms with Gasteiger partial charge in [0.05, 0.1) is 0 Å². The number of hydrogen-bond donors (Lipinski definition) is 0. The highest BCUT2D eigenvalue weighted by molar-refractivity contribution is 5.89. The monoisotopic (exact) mass is 280 g/mol. The van der Waals surface area contributed by atoms with E-state index in [0.717, 1.165) is 25.7 Å². The molecule has 0 unspecified atom stereocenters. The lowest BCUT2D eigenvalue weighted by atomic mass is 9.59. The Bertz CT molecular complexity index is 489. The van der Waals surface area contributed by atoms with E-state index < -0.39 is 17.7 Å². The third kappa shape index (κ3) is 1.41. The molecule has 1 spiro atoms. The molecule has 2 bridgehead atoms.